The van der Waals surface area contributed by atoms with Gasteiger partial charge in [-0.3, -0.25) is 4.79 Å². The van der Waals surface area contributed by atoms with E-state index in [4.69, 9.17) is 10.5 Å². The van der Waals surface area contributed by atoms with E-state index in [9.17, 15) is 4.79 Å². The molecule has 1 unspecified atom stereocenters. The van der Waals surface area contributed by atoms with Gasteiger partial charge in [-0.05, 0) is 38.0 Å². The van der Waals surface area contributed by atoms with Gasteiger partial charge >= 0.3 is 0 Å². The van der Waals surface area contributed by atoms with Gasteiger partial charge in [-0.1, -0.05) is 12.1 Å². The van der Waals surface area contributed by atoms with Crippen LogP contribution in [0.15, 0.2) is 29.3 Å². The summed E-state index contributed by atoms with van der Waals surface area (Å²) < 4.78 is 7.32. The predicted octanol–water partition coefficient (Wildman–Crippen LogP) is 0.521. The SMILES string of the molecule is CCNC(=NCc1cccc(OCC(N)=O)c1)NC1CCc2nc(C)nn2C1. The number of aromatic nitrogens is 3. The van der Waals surface area contributed by atoms with Crippen LogP contribution in [0.5, 0.6) is 5.75 Å². The highest BCUT2D eigenvalue weighted by atomic mass is 16.5. The number of aliphatic imine (C=N–C) groups is 1. The molecule has 0 bridgehead atoms. The number of fused-ring (bicyclic) bond motifs is 1. The molecule has 3 rings (SSSR count). The maximum atomic E-state index is 10.9. The number of hydrogen-bond donors (Lipinski definition) is 3. The van der Waals surface area contributed by atoms with E-state index in [1.807, 2.05) is 36.7 Å². The molecule has 0 radical (unpaired) electrons. The number of guanidine groups is 1. The van der Waals surface area contributed by atoms with Crippen molar-refractivity contribution < 1.29 is 9.53 Å². The van der Waals surface area contributed by atoms with Gasteiger partial charge in [0, 0.05) is 19.0 Å². The number of carbonyl (C=O) groups excluding carboxylic acids is 1. The molecule has 1 aromatic heterocycles. The first-order valence-electron chi connectivity index (χ1n) is 9.48. The normalized spacial score (nSPS) is 16.4. The van der Waals surface area contributed by atoms with E-state index in [1.165, 1.54) is 0 Å². The number of hydrogen-bond acceptors (Lipinski definition) is 5. The lowest BCUT2D eigenvalue weighted by Gasteiger charge is -2.25. The molecule has 150 valence electrons. The van der Waals surface area contributed by atoms with Crippen molar-refractivity contribution in [3.63, 3.8) is 0 Å². The molecule has 4 N–H and O–H groups in total. The molecule has 1 amide bonds. The minimum absolute atomic E-state index is 0.137. The summed E-state index contributed by atoms with van der Waals surface area (Å²) in [7, 11) is 0. The van der Waals surface area contributed by atoms with E-state index in [0.717, 1.165) is 49.1 Å². The van der Waals surface area contributed by atoms with Gasteiger partial charge in [0.15, 0.2) is 12.6 Å². The number of carbonyl (C=O) groups is 1. The lowest BCUT2D eigenvalue weighted by atomic mass is 10.1. The Morgan fingerprint density at radius 2 is 2.32 bits per heavy atom. The summed E-state index contributed by atoms with van der Waals surface area (Å²) in [5, 5.41) is 11.2. The van der Waals surface area contributed by atoms with Gasteiger partial charge in [0.05, 0.1) is 13.1 Å². The van der Waals surface area contributed by atoms with Crippen molar-refractivity contribution in [3.8, 4) is 5.75 Å². The van der Waals surface area contributed by atoms with Crippen LogP contribution in [-0.2, 0) is 24.3 Å². The predicted molar refractivity (Wildman–Crippen MR) is 106 cm³/mol. The van der Waals surface area contributed by atoms with Crippen LogP contribution in [0.4, 0.5) is 0 Å². The molecule has 0 saturated carbocycles. The number of ether oxygens (including phenoxy) is 1. The molecule has 2 heterocycles. The molecule has 1 aromatic carbocycles. The largest absolute Gasteiger partial charge is 0.484 e. The summed E-state index contributed by atoms with van der Waals surface area (Å²) in [6.45, 7) is 5.85. The van der Waals surface area contributed by atoms with E-state index in [1.54, 1.807) is 6.07 Å². The highest BCUT2D eigenvalue weighted by Gasteiger charge is 2.21. The maximum Gasteiger partial charge on any atom is 0.255 e. The third kappa shape index (κ3) is 5.45. The monoisotopic (exact) mass is 385 g/mol. The van der Waals surface area contributed by atoms with E-state index < -0.39 is 5.91 Å². The number of primary amides is 1. The molecule has 1 aliphatic heterocycles. The Morgan fingerprint density at radius 1 is 1.46 bits per heavy atom. The molecular formula is C19H27N7O2. The first kappa shape index (κ1) is 19.7. The second-order valence-corrected chi connectivity index (χ2v) is 6.73. The molecule has 0 spiro atoms. The first-order chi connectivity index (χ1) is 13.5. The summed E-state index contributed by atoms with van der Waals surface area (Å²) in [6.07, 6.45) is 1.89. The van der Waals surface area contributed by atoms with Crippen LogP contribution < -0.4 is 21.1 Å². The number of rotatable bonds is 7. The summed E-state index contributed by atoms with van der Waals surface area (Å²) in [5.41, 5.74) is 6.10. The van der Waals surface area contributed by atoms with Crippen LogP contribution >= 0.6 is 0 Å². The van der Waals surface area contributed by atoms with Gasteiger partial charge in [0.1, 0.15) is 17.4 Å². The van der Waals surface area contributed by atoms with Gasteiger partial charge in [-0.2, -0.15) is 5.10 Å². The Balaban J connectivity index is 1.61. The fraction of sp³-hybridized carbons (Fsp3) is 0.474. The highest BCUT2D eigenvalue weighted by Crippen LogP contribution is 2.15. The maximum absolute atomic E-state index is 10.9. The second-order valence-electron chi connectivity index (χ2n) is 6.73. The van der Waals surface area contributed by atoms with E-state index in [-0.39, 0.29) is 12.6 Å². The summed E-state index contributed by atoms with van der Waals surface area (Å²) in [5.74, 6) is 2.72. The number of nitrogens with two attached hydrogens (primary N) is 1. The molecule has 28 heavy (non-hydrogen) atoms. The van der Waals surface area contributed by atoms with Gasteiger partial charge in [-0.15, -0.1) is 0 Å². The standard InChI is InChI=1S/C19H27N7O2/c1-3-21-19(24-15-7-8-18-23-13(2)25-26(18)11-15)22-10-14-5-4-6-16(9-14)28-12-17(20)27/h4-6,9,15H,3,7-8,10-12H2,1-2H3,(H2,20,27)(H2,21,22,24). The zero-order valence-electron chi connectivity index (χ0n) is 16.3. The Kier molecular flexibility index (Phi) is 6.46. The minimum Gasteiger partial charge on any atom is -0.484 e. The van der Waals surface area contributed by atoms with E-state index in [2.05, 4.69) is 25.7 Å². The lowest BCUT2D eigenvalue weighted by Crippen LogP contribution is -2.47. The van der Waals surface area contributed by atoms with Gasteiger partial charge in [0.2, 0.25) is 0 Å². The Labute approximate surface area is 164 Å². The van der Waals surface area contributed by atoms with Crippen molar-refractivity contribution in [1.82, 2.24) is 25.4 Å². The fourth-order valence-electron chi connectivity index (χ4n) is 3.12. The van der Waals surface area contributed by atoms with Crippen molar-refractivity contribution in [3.05, 3.63) is 41.5 Å². The Hall–Kier alpha value is -3.10. The second kappa shape index (κ2) is 9.20. The van der Waals surface area contributed by atoms with Crippen molar-refractivity contribution >= 4 is 11.9 Å². The average molecular weight is 385 g/mol. The van der Waals surface area contributed by atoms with Gasteiger partial charge in [0.25, 0.3) is 5.91 Å². The van der Waals surface area contributed by atoms with Crippen molar-refractivity contribution in [2.24, 2.45) is 10.7 Å². The fourth-order valence-corrected chi connectivity index (χ4v) is 3.12. The lowest BCUT2D eigenvalue weighted by molar-refractivity contribution is -0.119. The smallest absolute Gasteiger partial charge is 0.255 e. The Bertz CT molecular complexity index is 847. The number of amides is 1. The van der Waals surface area contributed by atoms with Crippen LogP contribution in [0.2, 0.25) is 0 Å². The molecule has 1 atom stereocenters. The summed E-state index contributed by atoms with van der Waals surface area (Å²) >= 11 is 0. The molecule has 9 heteroatoms. The number of benzene rings is 1. The zero-order valence-corrected chi connectivity index (χ0v) is 16.3. The number of nitrogens with one attached hydrogen (secondary N) is 2. The van der Waals surface area contributed by atoms with E-state index in [0.29, 0.717) is 12.3 Å². The molecule has 0 saturated heterocycles. The van der Waals surface area contributed by atoms with Crippen molar-refractivity contribution in [2.45, 2.75) is 45.8 Å². The Morgan fingerprint density at radius 3 is 3.11 bits per heavy atom. The van der Waals surface area contributed by atoms with Crippen LogP contribution in [0, 0.1) is 6.92 Å². The molecule has 9 nitrogen and oxygen atoms in total. The number of aryl methyl sites for hydroxylation is 2. The third-order valence-electron chi connectivity index (χ3n) is 4.35. The minimum atomic E-state index is -0.500. The summed E-state index contributed by atoms with van der Waals surface area (Å²) in [4.78, 5) is 20.0. The van der Waals surface area contributed by atoms with Crippen LogP contribution in [0.25, 0.3) is 0 Å². The highest BCUT2D eigenvalue weighted by molar-refractivity contribution is 5.80. The average Bonchev–Trinajstić information content (AvgIpc) is 3.04. The third-order valence-corrected chi connectivity index (χ3v) is 4.35. The zero-order chi connectivity index (χ0) is 19.9. The topological polar surface area (TPSA) is 119 Å². The molecular weight excluding hydrogens is 358 g/mol. The van der Waals surface area contributed by atoms with Crippen molar-refractivity contribution in [2.75, 3.05) is 13.2 Å². The quantitative estimate of drug-likeness (QED) is 0.472. The van der Waals surface area contributed by atoms with Crippen molar-refractivity contribution in [1.29, 1.82) is 0 Å². The van der Waals surface area contributed by atoms with Crippen LogP contribution in [0.1, 0.15) is 30.6 Å². The van der Waals surface area contributed by atoms with Gasteiger partial charge < -0.3 is 21.1 Å². The van der Waals surface area contributed by atoms with E-state index >= 15 is 0 Å². The molecule has 0 fully saturated rings. The van der Waals surface area contributed by atoms with Gasteiger partial charge in [-0.25, -0.2) is 14.7 Å². The molecule has 1 aliphatic rings. The van der Waals surface area contributed by atoms with Crippen LogP contribution in [0.3, 0.4) is 0 Å². The first-order valence-corrected chi connectivity index (χ1v) is 9.48. The molecule has 0 aliphatic carbocycles. The molecule has 2 aromatic rings. The number of nitrogens with zero attached hydrogens (tertiary/aromatic N) is 4. The van der Waals surface area contributed by atoms with Crippen LogP contribution in [-0.4, -0.2) is 45.8 Å². The summed E-state index contributed by atoms with van der Waals surface area (Å²) in [6, 6.07) is 7.74.